The Labute approximate surface area is 214 Å². The van der Waals surface area contributed by atoms with Crippen molar-refractivity contribution in [2.24, 2.45) is 15.6 Å². The van der Waals surface area contributed by atoms with E-state index >= 15 is 0 Å². The molecular weight excluding hydrogens is 486 g/mol. The van der Waals surface area contributed by atoms with Crippen LogP contribution in [0.2, 0.25) is 0 Å². The molecule has 1 saturated heterocycles. The molecule has 0 amide bonds. The number of azo groups is 1. The van der Waals surface area contributed by atoms with E-state index in [4.69, 9.17) is 28.4 Å². The fourth-order valence-electron chi connectivity index (χ4n) is 4.27. The summed E-state index contributed by atoms with van der Waals surface area (Å²) in [6, 6.07) is 5.83. The van der Waals surface area contributed by atoms with E-state index in [0.29, 0.717) is 76.2 Å². The van der Waals surface area contributed by atoms with Crippen molar-refractivity contribution in [3.05, 3.63) is 34.8 Å². The lowest BCUT2D eigenvalue weighted by atomic mass is 9.96. The van der Waals surface area contributed by atoms with Crippen molar-refractivity contribution < 1.29 is 33.2 Å². The van der Waals surface area contributed by atoms with Crippen LogP contribution in [0.5, 0.6) is 5.75 Å². The average Bonchev–Trinajstić information content (AvgIpc) is 3.38. The Balaban J connectivity index is 1.42. The van der Waals surface area contributed by atoms with E-state index in [1.807, 2.05) is 18.2 Å². The van der Waals surface area contributed by atoms with Gasteiger partial charge in [0.25, 0.3) is 0 Å². The predicted octanol–water partition coefficient (Wildman–Crippen LogP) is 4.69. The lowest BCUT2D eigenvalue weighted by Gasteiger charge is -2.20. The molecule has 196 valence electrons. The van der Waals surface area contributed by atoms with Gasteiger partial charge in [-0.25, -0.2) is 9.78 Å². The highest BCUT2D eigenvalue weighted by Crippen LogP contribution is 2.63. The molecule has 1 saturated carbocycles. The number of ether oxygens (including phenoxy) is 6. The maximum atomic E-state index is 11.8. The number of carbonyl (C=O) groups excluding carboxylic acids is 1. The summed E-state index contributed by atoms with van der Waals surface area (Å²) in [6.07, 6.45) is 1.90. The zero-order chi connectivity index (χ0) is 25.2. The normalized spacial score (nSPS) is 23.9. The molecule has 4 rings (SSSR count). The quantitative estimate of drug-likeness (QED) is 0.399. The minimum absolute atomic E-state index is 0.00563. The number of hydrogen-bond acceptors (Lipinski definition) is 11. The Morgan fingerprint density at radius 1 is 1.08 bits per heavy atom. The van der Waals surface area contributed by atoms with Crippen molar-refractivity contribution in [2.75, 3.05) is 66.6 Å². The number of aromatic nitrogens is 1. The minimum Gasteiger partial charge on any atom is -0.496 e. The van der Waals surface area contributed by atoms with Gasteiger partial charge in [0, 0.05) is 23.5 Å². The van der Waals surface area contributed by atoms with Gasteiger partial charge in [-0.1, -0.05) is 6.07 Å². The van der Waals surface area contributed by atoms with Crippen molar-refractivity contribution in [2.45, 2.75) is 25.7 Å². The number of carbonyl (C=O) groups is 1. The Morgan fingerprint density at radius 3 is 2.53 bits per heavy atom. The molecule has 2 unspecified atom stereocenters. The molecular formula is C25H33N3O7S. The number of esters is 1. The second-order valence-corrected chi connectivity index (χ2v) is 9.46. The molecule has 10 nitrogen and oxygen atoms in total. The van der Waals surface area contributed by atoms with E-state index in [0.717, 1.165) is 24.2 Å². The highest BCUT2D eigenvalue weighted by atomic mass is 32.1. The molecule has 0 N–H and O–H groups in total. The maximum Gasteiger partial charge on any atom is 0.357 e. The molecule has 11 heteroatoms. The van der Waals surface area contributed by atoms with Gasteiger partial charge in [0.05, 0.1) is 65.7 Å². The first-order valence-electron chi connectivity index (χ1n) is 12.2. The number of hydrogen-bond donors (Lipinski definition) is 0. The Kier molecular flexibility index (Phi) is 9.76. The Morgan fingerprint density at radius 2 is 1.81 bits per heavy atom. The summed E-state index contributed by atoms with van der Waals surface area (Å²) in [6.45, 7) is 6.76. The molecule has 2 aliphatic rings. The van der Waals surface area contributed by atoms with Crippen LogP contribution >= 0.6 is 11.3 Å². The summed E-state index contributed by atoms with van der Waals surface area (Å²) in [7, 11) is 1.66. The summed E-state index contributed by atoms with van der Waals surface area (Å²) in [5.41, 5.74) is 2.00. The zero-order valence-corrected chi connectivity index (χ0v) is 21.6. The fourth-order valence-corrected chi connectivity index (χ4v) is 4.87. The molecule has 1 aliphatic heterocycles. The lowest BCUT2D eigenvalue weighted by Crippen LogP contribution is -2.20. The first-order valence-corrected chi connectivity index (χ1v) is 13.1. The first kappa shape index (κ1) is 26.6. The highest BCUT2D eigenvalue weighted by molar-refractivity contribution is 7.13. The second-order valence-electron chi connectivity index (χ2n) is 8.62. The summed E-state index contributed by atoms with van der Waals surface area (Å²) in [5.74, 6) is 0.600. The fraction of sp³-hybridized carbons (Fsp3) is 0.600. The number of thiazole rings is 1. The molecule has 1 spiro atoms. The van der Waals surface area contributed by atoms with Crippen molar-refractivity contribution in [1.82, 2.24) is 4.98 Å². The SMILES string of the molecule is CCOC(=O)c1csc(N=Nc2ccc(C3CC34CCOCCOCCOCCOC4)c(OC)c2)n1. The van der Waals surface area contributed by atoms with Gasteiger partial charge in [0.2, 0.25) is 5.13 Å². The van der Waals surface area contributed by atoms with Crippen LogP contribution in [0.4, 0.5) is 10.8 Å². The largest absolute Gasteiger partial charge is 0.496 e. The van der Waals surface area contributed by atoms with Gasteiger partial charge < -0.3 is 28.4 Å². The molecule has 36 heavy (non-hydrogen) atoms. The van der Waals surface area contributed by atoms with E-state index in [1.165, 1.54) is 11.3 Å². The van der Waals surface area contributed by atoms with Gasteiger partial charge in [0.15, 0.2) is 5.69 Å². The Bertz CT molecular complexity index is 1010. The summed E-state index contributed by atoms with van der Waals surface area (Å²) < 4.78 is 33.5. The molecule has 1 aromatic carbocycles. The molecule has 2 atom stereocenters. The van der Waals surface area contributed by atoms with Crippen molar-refractivity contribution >= 4 is 28.1 Å². The third kappa shape index (κ3) is 7.07. The van der Waals surface area contributed by atoms with Crippen LogP contribution in [0.15, 0.2) is 33.8 Å². The highest BCUT2D eigenvalue weighted by Gasteiger charge is 2.55. The summed E-state index contributed by atoms with van der Waals surface area (Å²) >= 11 is 1.23. The van der Waals surface area contributed by atoms with Crippen LogP contribution in [0, 0.1) is 5.41 Å². The monoisotopic (exact) mass is 519 g/mol. The Hall–Kier alpha value is -2.44. The minimum atomic E-state index is -0.465. The van der Waals surface area contributed by atoms with Gasteiger partial charge in [-0.2, -0.15) is 0 Å². The van der Waals surface area contributed by atoms with Crippen LogP contribution in [-0.4, -0.2) is 77.5 Å². The van der Waals surface area contributed by atoms with Crippen molar-refractivity contribution in [3.8, 4) is 5.75 Å². The van der Waals surface area contributed by atoms with E-state index < -0.39 is 5.97 Å². The number of methoxy groups -OCH3 is 1. The third-order valence-corrected chi connectivity index (χ3v) is 6.98. The summed E-state index contributed by atoms with van der Waals surface area (Å²) in [5, 5.41) is 10.5. The third-order valence-electron chi connectivity index (χ3n) is 6.26. The van der Waals surface area contributed by atoms with Gasteiger partial charge in [-0.3, -0.25) is 0 Å². The molecule has 0 radical (unpaired) electrons. The average molecular weight is 520 g/mol. The van der Waals surface area contributed by atoms with E-state index in [9.17, 15) is 4.79 Å². The van der Waals surface area contributed by atoms with Gasteiger partial charge in [-0.15, -0.1) is 21.6 Å². The van der Waals surface area contributed by atoms with Crippen LogP contribution in [-0.2, 0) is 23.7 Å². The number of nitrogens with zero attached hydrogens (tertiary/aromatic N) is 3. The molecule has 2 aromatic rings. The lowest BCUT2D eigenvalue weighted by molar-refractivity contribution is -0.0223. The smallest absolute Gasteiger partial charge is 0.357 e. The molecule has 1 aromatic heterocycles. The topological polar surface area (TPSA) is 110 Å². The second kappa shape index (κ2) is 13.2. The summed E-state index contributed by atoms with van der Waals surface area (Å²) in [4.78, 5) is 16.0. The van der Waals surface area contributed by atoms with Gasteiger partial charge >= 0.3 is 5.97 Å². The van der Waals surface area contributed by atoms with E-state index in [-0.39, 0.29) is 11.1 Å². The standard InChI is InChI=1S/C25H33N3O7S/c1-3-35-23(29)21-16-36-24(26-21)28-27-18-4-5-19(22(14-18)30-2)20-15-25(20)6-7-31-8-9-32-10-11-33-12-13-34-17-25/h4-5,14,16,20H,3,6-13,15,17H2,1-2H3. The zero-order valence-electron chi connectivity index (χ0n) is 20.8. The van der Waals surface area contributed by atoms with E-state index in [2.05, 4.69) is 15.2 Å². The number of rotatable bonds is 6. The van der Waals surface area contributed by atoms with Gasteiger partial charge in [-0.05, 0) is 37.3 Å². The van der Waals surface area contributed by atoms with Gasteiger partial charge in [0.1, 0.15) is 5.75 Å². The molecule has 2 fully saturated rings. The maximum absolute atomic E-state index is 11.8. The van der Waals surface area contributed by atoms with Crippen LogP contribution in [0.25, 0.3) is 0 Å². The van der Waals surface area contributed by atoms with E-state index in [1.54, 1.807) is 19.4 Å². The molecule has 0 bridgehead atoms. The van der Waals surface area contributed by atoms with Crippen molar-refractivity contribution in [3.63, 3.8) is 0 Å². The first-order chi connectivity index (χ1) is 17.6. The van der Waals surface area contributed by atoms with Crippen LogP contribution in [0.1, 0.15) is 41.7 Å². The predicted molar refractivity (Wildman–Crippen MR) is 133 cm³/mol. The van der Waals surface area contributed by atoms with Crippen molar-refractivity contribution in [1.29, 1.82) is 0 Å². The van der Waals surface area contributed by atoms with Crippen LogP contribution < -0.4 is 4.74 Å². The molecule has 2 heterocycles. The van der Waals surface area contributed by atoms with Crippen LogP contribution in [0.3, 0.4) is 0 Å². The number of benzene rings is 1. The molecule has 1 aliphatic carbocycles.